The van der Waals surface area contributed by atoms with Crippen molar-refractivity contribution in [1.82, 2.24) is 14.6 Å². The molecule has 1 aromatic carbocycles. The summed E-state index contributed by atoms with van der Waals surface area (Å²) < 4.78 is 34.6. The molecule has 1 aliphatic heterocycles. The molecular weight excluding hydrogens is 504 g/mol. The third-order valence-electron chi connectivity index (χ3n) is 7.86. The highest BCUT2D eigenvalue weighted by molar-refractivity contribution is 7.89. The van der Waals surface area contributed by atoms with E-state index in [0.717, 1.165) is 42.9 Å². The zero-order valence-electron chi connectivity index (χ0n) is 21.6. The van der Waals surface area contributed by atoms with E-state index < -0.39 is 10.0 Å². The van der Waals surface area contributed by atoms with Gasteiger partial charge in [-0.25, -0.2) is 18.1 Å². The Morgan fingerprint density at radius 3 is 2.81 bits per heavy atom. The van der Waals surface area contributed by atoms with Crippen LogP contribution in [-0.2, 0) is 10.0 Å². The van der Waals surface area contributed by atoms with E-state index in [0.29, 0.717) is 29.7 Å². The van der Waals surface area contributed by atoms with Gasteiger partial charge in [0, 0.05) is 35.1 Å². The van der Waals surface area contributed by atoms with E-state index >= 15 is 0 Å². The van der Waals surface area contributed by atoms with Crippen molar-refractivity contribution in [2.24, 2.45) is 11.8 Å². The number of thiazole rings is 1. The number of hydrogen-bond donors (Lipinski definition) is 1. The molecule has 0 spiro atoms. The smallest absolute Gasteiger partial charge is 0.213 e. The summed E-state index contributed by atoms with van der Waals surface area (Å²) in [5, 5.41) is 10.5. The molecule has 2 aromatic rings. The van der Waals surface area contributed by atoms with E-state index in [1.807, 2.05) is 38.2 Å². The van der Waals surface area contributed by atoms with Crippen molar-refractivity contribution in [3.8, 4) is 22.4 Å². The predicted octanol–water partition coefficient (Wildman–Crippen LogP) is 4.92. The van der Waals surface area contributed by atoms with Crippen LogP contribution in [0.1, 0.15) is 62.3 Å². The third kappa shape index (κ3) is 6.09. The Bertz CT molecular complexity index is 1270. The van der Waals surface area contributed by atoms with Gasteiger partial charge >= 0.3 is 0 Å². The van der Waals surface area contributed by atoms with E-state index in [9.17, 15) is 13.7 Å². The molecule has 198 valence electrons. The Morgan fingerprint density at radius 2 is 2.05 bits per heavy atom. The van der Waals surface area contributed by atoms with Crippen LogP contribution >= 0.6 is 11.3 Å². The van der Waals surface area contributed by atoms with E-state index in [1.165, 1.54) is 17.7 Å². The number of nitriles is 1. The van der Waals surface area contributed by atoms with Gasteiger partial charge in [-0.15, -0.1) is 11.3 Å². The van der Waals surface area contributed by atoms with Crippen molar-refractivity contribution in [3.05, 3.63) is 47.0 Å². The molecule has 2 fully saturated rings. The number of aromatic nitrogens is 1. The van der Waals surface area contributed by atoms with Crippen LogP contribution in [0.4, 0.5) is 0 Å². The molecule has 0 bridgehead atoms. The SMILES string of the molecule is CC(C)Oc1ccc(-c2ncc(C3C=CCC4C3CC[C@@H]4NS(=O)(=O)CCN3CCCC3)s2)cc1C#N. The van der Waals surface area contributed by atoms with E-state index in [-0.39, 0.29) is 23.8 Å². The number of fused-ring (bicyclic) bond motifs is 1. The number of hydrogen-bond acceptors (Lipinski definition) is 7. The Balaban J connectivity index is 1.26. The lowest BCUT2D eigenvalue weighted by Crippen LogP contribution is -2.42. The highest BCUT2D eigenvalue weighted by Crippen LogP contribution is 2.48. The molecule has 3 unspecified atom stereocenters. The van der Waals surface area contributed by atoms with Gasteiger partial charge in [0.05, 0.1) is 17.4 Å². The number of rotatable bonds is 9. The second-order valence-corrected chi connectivity index (χ2v) is 13.7. The first-order chi connectivity index (χ1) is 17.8. The van der Waals surface area contributed by atoms with Crippen LogP contribution in [0, 0.1) is 23.2 Å². The number of nitrogens with one attached hydrogen (secondary N) is 1. The van der Waals surface area contributed by atoms with Crippen molar-refractivity contribution in [1.29, 1.82) is 5.26 Å². The van der Waals surface area contributed by atoms with Crippen molar-refractivity contribution in [2.45, 2.75) is 64.0 Å². The molecule has 2 heterocycles. The zero-order chi connectivity index (χ0) is 26.0. The monoisotopic (exact) mass is 540 g/mol. The normalized spacial score (nSPS) is 25.9. The minimum Gasteiger partial charge on any atom is -0.490 e. The summed E-state index contributed by atoms with van der Waals surface area (Å²) in [5.41, 5.74) is 1.42. The summed E-state index contributed by atoms with van der Waals surface area (Å²) in [6.07, 6.45) is 11.6. The fourth-order valence-corrected chi connectivity index (χ4v) is 8.53. The van der Waals surface area contributed by atoms with E-state index in [1.54, 1.807) is 11.3 Å². The summed E-state index contributed by atoms with van der Waals surface area (Å²) in [5.74, 6) is 1.73. The number of ether oxygens (including phenoxy) is 1. The van der Waals surface area contributed by atoms with Gasteiger partial charge in [0.25, 0.3) is 0 Å². The second kappa shape index (κ2) is 11.2. The molecule has 5 rings (SSSR count). The molecule has 1 saturated heterocycles. The highest BCUT2D eigenvalue weighted by Gasteiger charge is 2.43. The molecule has 0 radical (unpaired) electrons. The molecule has 2 aliphatic carbocycles. The molecule has 4 atom stereocenters. The number of nitrogens with zero attached hydrogens (tertiary/aromatic N) is 3. The molecule has 9 heteroatoms. The topological polar surface area (TPSA) is 95.3 Å². The quantitative estimate of drug-likeness (QED) is 0.454. The van der Waals surface area contributed by atoms with Gasteiger partial charge in [-0.2, -0.15) is 5.26 Å². The summed E-state index contributed by atoms with van der Waals surface area (Å²) in [4.78, 5) is 8.15. The van der Waals surface area contributed by atoms with Gasteiger partial charge in [-0.3, -0.25) is 0 Å². The van der Waals surface area contributed by atoms with Crippen LogP contribution in [-0.4, -0.2) is 55.8 Å². The molecule has 0 amide bonds. The lowest BCUT2D eigenvalue weighted by Gasteiger charge is -2.32. The average Bonchev–Trinajstić information content (AvgIpc) is 3.64. The summed E-state index contributed by atoms with van der Waals surface area (Å²) in [6.45, 7) is 6.54. The van der Waals surface area contributed by atoms with Crippen LogP contribution in [0.25, 0.3) is 10.6 Å². The van der Waals surface area contributed by atoms with Crippen LogP contribution in [0.5, 0.6) is 5.75 Å². The number of sulfonamides is 1. The molecule has 7 nitrogen and oxygen atoms in total. The first-order valence-electron chi connectivity index (χ1n) is 13.4. The lowest BCUT2D eigenvalue weighted by atomic mass is 9.76. The summed E-state index contributed by atoms with van der Waals surface area (Å²) >= 11 is 1.66. The van der Waals surface area contributed by atoms with Crippen LogP contribution in [0.3, 0.4) is 0 Å². The zero-order valence-corrected chi connectivity index (χ0v) is 23.2. The van der Waals surface area contributed by atoms with Crippen LogP contribution in [0.15, 0.2) is 36.5 Å². The van der Waals surface area contributed by atoms with Crippen molar-refractivity contribution >= 4 is 21.4 Å². The van der Waals surface area contributed by atoms with E-state index in [2.05, 4.69) is 27.8 Å². The highest BCUT2D eigenvalue weighted by atomic mass is 32.2. The number of benzene rings is 1. The summed E-state index contributed by atoms with van der Waals surface area (Å²) in [7, 11) is -3.30. The molecular formula is C28H36N4O3S2. The Hall–Kier alpha value is -2.25. The Morgan fingerprint density at radius 1 is 1.24 bits per heavy atom. The van der Waals surface area contributed by atoms with Gasteiger partial charge in [0.2, 0.25) is 10.0 Å². The fourth-order valence-electron chi connectivity index (χ4n) is 6.09. The molecule has 1 aromatic heterocycles. The molecule has 3 aliphatic rings. The lowest BCUT2D eigenvalue weighted by molar-refractivity contribution is 0.242. The van der Waals surface area contributed by atoms with E-state index in [4.69, 9.17) is 9.72 Å². The largest absolute Gasteiger partial charge is 0.490 e. The minimum absolute atomic E-state index is 0.000100. The average molecular weight is 541 g/mol. The maximum atomic E-state index is 12.9. The maximum absolute atomic E-state index is 12.9. The third-order valence-corrected chi connectivity index (χ3v) is 10.4. The Labute approximate surface area is 224 Å². The van der Waals surface area contributed by atoms with Crippen molar-refractivity contribution in [2.75, 3.05) is 25.4 Å². The van der Waals surface area contributed by atoms with Gasteiger partial charge < -0.3 is 9.64 Å². The standard InChI is InChI=1S/C28H36N4O3S2/c1-19(2)35-26-11-8-20(16-21(26)17-29)28-30-18-27(36-28)24-7-5-6-23-22(24)9-10-25(23)31-37(33,34)15-14-32-12-3-4-13-32/h5,7-8,11,16,18-19,22-25,31H,3-4,6,9-10,12-15H2,1-2H3/t22?,23?,24?,25-/m0/s1. The predicted molar refractivity (Wildman–Crippen MR) is 147 cm³/mol. The first-order valence-corrected chi connectivity index (χ1v) is 15.9. The molecule has 1 N–H and O–H groups in total. The molecule has 1 saturated carbocycles. The van der Waals surface area contributed by atoms with Gasteiger partial charge in [-0.1, -0.05) is 12.2 Å². The van der Waals surface area contributed by atoms with Crippen LogP contribution < -0.4 is 9.46 Å². The van der Waals surface area contributed by atoms with Crippen molar-refractivity contribution in [3.63, 3.8) is 0 Å². The maximum Gasteiger partial charge on any atom is 0.213 e. The van der Waals surface area contributed by atoms with Gasteiger partial charge in [0.15, 0.2) is 0 Å². The van der Waals surface area contributed by atoms with Gasteiger partial charge in [0.1, 0.15) is 16.8 Å². The summed E-state index contributed by atoms with van der Waals surface area (Å²) in [6, 6.07) is 7.90. The van der Waals surface area contributed by atoms with Gasteiger partial charge in [-0.05, 0) is 89.1 Å². The Kier molecular flexibility index (Phi) is 8.01. The van der Waals surface area contributed by atoms with Crippen LogP contribution in [0.2, 0.25) is 0 Å². The molecule has 37 heavy (non-hydrogen) atoms. The number of likely N-dealkylation sites (tertiary alicyclic amines) is 1. The first kappa shape index (κ1) is 26.4. The minimum atomic E-state index is -3.30. The second-order valence-electron chi connectivity index (χ2n) is 10.7. The number of allylic oxidation sites excluding steroid dienone is 2. The van der Waals surface area contributed by atoms with Crippen molar-refractivity contribution < 1.29 is 13.2 Å². The fraction of sp³-hybridized carbons (Fsp3) is 0.571.